The first-order valence-electron chi connectivity index (χ1n) is 5.54. The van der Waals surface area contributed by atoms with Gasteiger partial charge in [-0.25, -0.2) is 4.98 Å². The molecule has 5 heteroatoms. The summed E-state index contributed by atoms with van der Waals surface area (Å²) in [5, 5.41) is 14.7. The first kappa shape index (κ1) is 11.9. The van der Waals surface area contributed by atoms with E-state index in [1.165, 1.54) is 0 Å². The van der Waals surface area contributed by atoms with Crippen LogP contribution >= 0.6 is 0 Å². The van der Waals surface area contributed by atoms with E-state index in [2.05, 4.69) is 26.7 Å². The molecular formula is C13H13N5. The second kappa shape index (κ2) is 5.64. The molecule has 1 aromatic heterocycles. The lowest BCUT2D eigenvalue weighted by molar-refractivity contribution is 1.18. The molecule has 2 aromatic rings. The summed E-state index contributed by atoms with van der Waals surface area (Å²) in [5.74, 6) is 1.39. The largest absolute Gasteiger partial charge is 0.372 e. The van der Waals surface area contributed by atoms with Gasteiger partial charge in [0.2, 0.25) is 0 Å². The van der Waals surface area contributed by atoms with E-state index < -0.39 is 0 Å². The Labute approximate surface area is 106 Å². The summed E-state index contributed by atoms with van der Waals surface area (Å²) >= 11 is 0. The zero-order valence-electron chi connectivity index (χ0n) is 10.0. The van der Waals surface area contributed by atoms with E-state index in [9.17, 15) is 0 Å². The maximum Gasteiger partial charge on any atom is 0.151 e. The van der Waals surface area contributed by atoms with Crippen molar-refractivity contribution in [2.75, 3.05) is 17.7 Å². The molecule has 18 heavy (non-hydrogen) atoms. The van der Waals surface area contributed by atoms with Gasteiger partial charge in [0.25, 0.3) is 0 Å². The molecule has 5 nitrogen and oxygen atoms in total. The van der Waals surface area contributed by atoms with Crippen molar-refractivity contribution in [1.29, 1.82) is 5.26 Å². The van der Waals surface area contributed by atoms with Gasteiger partial charge in [-0.3, -0.25) is 4.98 Å². The Morgan fingerprint density at radius 3 is 2.56 bits per heavy atom. The molecular weight excluding hydrogens is 226 g/mol. The fourth-order valence-corrected chi connectivity index (χ4v) is 1.49. The van der Waals surface area contributed by atoms with Gasteiger partial charge in [0.05, 0.1) is 24.9 Å². The van der Waals surface area contributed by atoms with Gasteiger partial charge in [-0.1, -0.05) is 12.1 Å². The highest BCUT2D eigenvalue weighted by atomic mass is 15.1. The minimum Gasteiger partial charge on any atom is -0.372 e. The van der Waals surface area contributed by atoms with Gasteiger partial charge in [-0.2, -0.15) is 5.26 Å². The molecule has 0 saturated heterocycles. The Balaban J connectivity index is 2.11. The lowest BCUT2D eigenvalue weighted by atomic mass is 10.1. The first-order valence-corrected chi connectivity index (χ1v) is 5.54. The van der Waals surface area contributed by atoms with E-state index in [4.69, 9.17) is 5.26 Å². The van der Waals surface area contributed by atoms with Crippen LogP contribution in [0.15, 0.2) is 36.7 Å². The van der Waals surface area contributed by atoms with E-state index >= 15 is 0 Å². The number of nitrogens with one attached hydrogen (secondary N) is 2. The third-order valence-electron chi connectivity index (χ3n) is 2.40. The smallest absolute Gasteiger partial charge is 0.151 e. The maximum atomic E-state index is 8.59. The molecule has 0 aliphatic carbocycles. The summed E-state index contributed by atoms with van der Waals surface area (Å²) < 4.78 is 0. The molecule has 0 aliphatic heterocycles. The van der Waals surface area contributed by atoms with Crippen LogP contribution in [0.25, 0.3) is 0 Å². The van der Waals surface area contributed by atoms with Gasteiger partial charge in [-0.05, 0) is 17.7 Å². The summed E-state index contributed by atoms with van der Waals surface area (Å²) in [4.78, 5) is 8.38. The van der Waals surface area contributed by atoms with Crippen molar-refractivity contribution in [2.24, 2.45) is 0 Å². The van der Waals surface area contributed by atoms with Crippen molar-refractivity contribution < 1.29 is 0 Å². The number of anilines is 3. The van der Waals surface area contributed by atoms with Crippen molar-refractivity contribution in [3.05, 3.63) is 42.2 Å². The molecule has 0 amide bonds. The number of nitrogens with zero attached hydrogens (tertiary/aromatic N) is 3. The van der Waals surface area contributed by atoms with E-state index in [1.807, 2.05) is 24.3 Å². The Morgan fingerprint density at radius 2 is 1.89 bits per heavy atom. The van der Waals surface area contributed by atoms with Crippen LogP contribution in [0.3, 0.4) is 0 Å². The highest BCUT2D eigenvalue weighted by molar-refractivity contribution is 5.57. The number of nitriles is 1. The molecule has 0 unspecified atom stereocenters. The summed E-state index contributed by atoms with van der Waals surface area (Å²) in [7, 11) is 1.80. The van der Waals surface area contributed by atoms with Gasteiger partial charge < -0.3 is 10.6 Å². The van der Waals surface area contributed by atoms with E-state index in [-0.39, 0.29) is 0 Å². The zero-order valence-corrected chi connectivity index (χ0v) is 10.0. The zero-order chi connectivity index (χ0) is 12.8. The highest BCUT2D eigenvalue weighted by Gasteiger charge is 1.98. The van der Waals surface area contributed by atoms with Crippen LogP contribution in [0.4, 0.5) is 17.3 Å². The van der Waals surface area contributed by atoms with Crippen LogP contribution in [0.1, 0.15) is 5.56 Å². The predicted octanol–water partition coefficient (Wildman–Crippen LogP) is 2.33. The minimum absolute atomic E-state index is 0.426. The Kier molecular flexibility index (Phi) is 3.72. The summed E-state index contributed by atoms with van der Waals surface area (Å²) in [6, 6.07) is 9.79. The Hall–Kier alpha value is -2.61. The van der Waals surface area contributed by atoms with Gasteiger partial charge >= 0.3 is 0 Å². The lowest BCUT2D eigenvalue weighted by Gasteiger charge is -2.07. The van der Waals surface area contributed by atoms with Crippen molar-refractivity contribution in [1.82, 2.24) is 9.97 Å². The number of hydrogen-bond donors (Lipinski definition) is 2. The molecule has 0 bridgehead atoms. The summed E-state index contributed by atoms with van der Waals surface area (Å²) in [5.41, 5.74) is 1.91. The van der Waals surface area contributed by atoms with E-state index in [0.717, 1.165) is 11.3 Å². The predicted molar refractivity (Wildman–Crippen MR) is 70.6 cm³/mol. The SMILES string of the molecule is CNc1cncc(Nc2ccc(CC#N)cc2)n1. The van der Waals surface area contributed by atoms with Crippen LogP contribution < -0.4 is 10.6 Å². The molecule has 0 fully saturated rings. The first-order chi connectivity index (χ1) is 8.81. The third kappa shape index (κ3) is 2.95. The van der Waals surface area contributed by atoms with Gasteiger partial charge in [-0.15, -0.1) is 0 Å². The van der Waals surface area contributed by atoms with E-state index in [0.29, 0.717) is 18.1 Å². The van der Waals surface area contributed by atoms with Crippen molar-refractivity contribution in [3.8, 4) is 6.07 Å². The molecule has 2 N–H and O–H groups in total. The minimum atomic E-state index is 0.426. The second-order valence-electron chi connectivity index (χ2n) is 3.70. The molecule has 1 aromatic carbocycles. The molecule has 0 saturated carbocycles. The van der Waals surface area contributed by atoms with Crippen LogP contribution in [0, 0.1) is 11.3 Å². The molecule has 1 heterocycles. The molecule has 2 rings (SSSR count). The number of aromatic nitrogens is 2. The van der Waals surface area contributed by atoms with Crippen LogP contribution in [0.2, 0.25) is 0 Å². The van der Waals surface area contributed by atoms with Crippen LogP contribution in [-0.2, 0) is 6.42 Å². The third-order valence-corrected chi connectivity index (χ3v) is 2.40. The van der Waals surface area contributed by atoms with Gasteiger partial charge in [0.15, 0.2) is 5.82 Å². The fourth-order valence-electron chi connectivity index (χ4n) is 1.49. The standard InChI is InChI=1S/C13H13N5/c1-15-12-8-16-9-13(18-12)17-11-4-2-10(3-5-11)6-7-14/h2-5,8-9H,6H2,1H3,(H2,15,17,18). The normalized spacial score (nSPS) is 9.56. The topological polar surface area (TPSA) is 73.6 Å². The van der Waals surface area contributed by atoms with Crippen molar-refractivity contribution >= 4 is 17.3 Å². The second-order valence-corrected chi connectivity index (χ2v) is 3.70. The molecule has 0 aliphatic rings. The van der Waals surface area contributed by atoms with Gasteiger partial charge in [0, 0.05) is 12.7 Å². The fraction of sp³-hybridized carbons (Fsp3) is 0.154. The quantitative estimate of drug-likeness (QED) is 0.856. The highest BCUT2D eigenvalue weighted by Crippen LogP contribution is 2.15. The number of rotatable bonds is 4. The molecule has 0 atom stereocenters. The van der Waals surface area contributed by atoms with Crippen molar-refractivity contribution in [3.63, 3.8) is 0 Å². The van der Waals surface area contributed by atoms with Crippen LogP contribution in [0.5, 0.6) is 0 Å². The van der Waals surface area contributed by atoms with E-state index in [1.54, 1.807) is 19.4 Å². The molecule has 0 radical (unpaired) electrons. The average Bonchev–Trinajstić information content (AvgIpc) is 2.42. The van der Waals surface area contributed by atoms with Gasteiger partial charge in [0.1, 0.15) is 5.82 Å². The summed E-state index contributed by atoms with van der Waals surface area (Å²) in [6.07, 6.45) is 3.74. The average molecular weight is 239 g/mol. The number of hydrogen-bond acceptors (Lipinski definition) is 5. The Bertz CT molecular complexity index is 556. The molecule has 90 valence electrons. The lowest BCUT2D eigenvalue weighted by Crippen LogP contribution is -1.98. The van der Waals surface area contributed by atoms with Crippen molar-refractivity contribution in [2.45, 2.75) is 6.42 Å². The number of benzene rings is 1. The Morgan fingerprint density at radius 1 is 1.17 bits per heavy atom. The van der Waals surface area contributed by atoms with Crippen LogP contribution in [-0.4, -0.2) is 17.0 Å². The monoisotopic (exact) mass is 239 g/mol. The maximum absolute atomic E-state index is 8.59. The molecule has 0 spiro atoms. The summed E-state index contributed by atoms with van der Waals surface area (Å²) in [6.45, 7) is 0.